The molecule has 0 aliphatic carbocycles. The van der Waals surface area contributed by atoms with Gasteiger partial charge in [-0.15, -0.1) is 0 Å². The second kappa shape index (κ2) is 5.58. The van der Waals surface area contributed by atoms with E-state index in [1.54, 1.807) is 0 Å². The number of aryl methyl sites for hydroxylation is 2. The van der Waals surface area contributed by atoms with Crippen molar-refractivity contribution in [3.63, 3.8) is 0 Å². The highest BCUT2D eigenvalue weighted by Crippen LogP contribution is 2.24. The normalized spacial score (nSPS) is 12.0. The van der Waals surface area contributed by atoms with Crippen LogP contribution < -0.4 is 4.80 Å². The molecular weight excluding hydrogens is 348 g/mol. The predicted molar refractivity (Wildman–Crippen MR) is 89.6 cm³/mol. The quantitative estimate of drug-likeness (QED) is 0.644. The third-order valence-electron chi connectivity index (χ3n) is 3.27. The van der Waals surface area contributed by atoms with E-state index >= 15 is 0 Å². The molecule has 2 aromatic carbocycles. The molecule has 0 radical (unpaired) electrons. The highest BCUT2D eigenvalue weighted by atomic mass is 79.9. The Morgan fingerprint density at radius 3 is 2.57 bits per heavy atom. The van der Waals surface area contributed by atoms with Crippen LogP contribution in [-0.2, 0) is 7.05 Å². The van der Waals surface area contributed by atoms with Gasteiger partial charge in [-0.2, -0.15) is 4.99 Å². The van der Waals surface area contributed by atoms with Gasteiger partial charge in [-0.1, -0.05) is 35.1 Å². The molecule has 0 fully saturated rings. The average Bonchev–Trinajstić information content (AvgIpc) is 2.77. The summed E-state index contributed by atoms with van der Waals surface area (Å²) in [5.41, 5.74) is 2.79. The van der Waals surface area contributed by atoms with Crippen LogP contribution in [0.1, 0.15) is 15.9 Å². The minimum Gasteiger partial charge on any atom is -0.318 e. The molecule has 1 amide bonds. The van der Waals surface area contributed by atoms with Gasteiger partial charge < -0.3 is 4.57 Å². The van der Waals surface area contributed by atoms with Crippen molar-refractivity contribution in [2.75, 3.05) is 0 Å². The average molecular weight is 361 g/mol. The summed E-state index contributed by atoms with van der Waals surface area (Å²) < 4.78 is 4.04. The van der Waals surface area contributed by atoms with E-state index in [9.17, 15) is 4.79 Å². The largest absolute Gasteiger partial charge is 0.318 e. The molecule has 3 aromatic rings. The molecule has 0 spiro atoms. The third kappa shape index (κ3) is 2.71. The number of thiazole rings is 1. The molecule has 1 heterocycles. The lowest BCUT2D eigenvalue weighted by molar-refractivity contribution is 0.0998. The molecule has 0 saturated carbocycles. The summed E-state index contributed by atoms with van der Waals surface area (Å²) >= 11 is 5.05. The van der Waals surface area contributed by atoms with E-state index in [1.165, 1.54) is 11.3 Å². The number of rotatable bonds is 1. The zero-order chi connectivity index (χ0) is 15.0. The number of halogens is 1. The van der Waals surface area contributed by atoms with Gasteiger partial charge in [-0.25, -0.2) is 0 Å². The van der Waals surface area contributed by atoms with Gasteiger partial charge in [0.2, 0.25) is 0 Å². The number of hydrogen-bond donors (Lipinski definition) is 0. The van der Waals surface area contributed by atoms with Gasteiger partial charge in [-0.3, -0.25) is 4.79 Å². The summed E-state index contributed by atoms with van der Waals surface area (Å²) in [6, 6.07) is 13.5. The fourth-order valence-electron chi connectivity index (χ4n) is 2.11. The second-order valence-electron chi connectivity index (χ2n) is 4.81. The number of nitrogens with zero attached hydrogens (tertiary/aromatic N) is 2. The first-order valence-electron chi connectivity index (χ1n) is 6.46. The maximum atomic E-state index is 12.3. The van der Waals surface area contributed by atoms with E-state index in [1.807, 2.05) is 61.0 Å². The molecule has 3 rings (SSSR count). The molecule has 21 heavy (non-hydrogen) atoms. The molecule has 0 N–H and O–H groups in total. The van der Waals surface area contributed by atoms with Crippen LogP contribution in [0.25, 0.3) is 10.2 Å². The molecule has 106 valence electrons. The Hall–Kier alpha value is -1.72. The van der Waals surface area contributed by atoms with Crippen LogP contribution in [0.5, 0.6) is 0 Å². The van der Waals surface area contributed by atoms with Gasteiger partial charge >= 0.3 is 0 Å². The van der Waals surface area contributed by atoms with E-state index in [0.29, 0.717) is 10.4 Å². The van der Waals surface area contributed by atoms with E-state index in [0.717, 1.165) is 20.3 Å². The zero-order valence-corrected chi connectivity index (χ0v) is 14.0. The number of para-hydroxylation sites is 1. The SMILES string of the molecule is Cc1ccc(C(=O)N=c2sc3cccc(Br)c3n2C)cc1. The maximum absolute atomic E-state index is 12.3. The van der Waals surface area contributed by atoms with Gasteiger partial charge in [0, 0.05) is 17.1 Å². The number of carbonyl (C=O) groups is 1. The van der Waals surface area contributed by atoms with E-state index < -0.39 is 0 Å². The molecule has 0 saturated heterocycles. The first-order valence-corrected chi connectivity index (χ1v) is 8.07. The number of benzene rings is 2. The Balaban J connectivity index is 2.11. The van der Waals surface area contributed by atoms with Crippen LogP contribution in [0.2, 0.25) is 0 Å². The third-order valence-corrected chi connectivity index (χ3v) is 5.01. The topological polar surface area (TPSA) is 34.4 Å². The molecule has 0 atom stereocenters. The van der Waals surface area contributed by atoms with E-state index in [4.69, 9.17) is 0 Å². The Labute approximate surface area is 134 Å². The van der Waals surface area contributed by atoms with Crippen molar-refractivity contribution in [3.05, 3.63) is 62.9 Å². The first-order chi connectivity index (χ1) is 10.1. The predicted octanol–water partition coefficient (Wildman–Crippen LogP) is 4.05. The summed E-state index contributed by atoms with van der Waals surface area (Å²) in [6.45, 7) is 1.99. The summed E-state index contributed by atoms with van der Waals surface area (Å²) in [4.78, 5) is 17.2. The van der Waals surface area contributed by atoms with Crippen LogP contribution in [-0.4, -0.2) is 10.5 Å². The molecule has 0 aliphatic rings. The van der Waals surface area contributed by atoms with Crippen molar-refractivity contribution in [3.8, 4) is 0 Å². The van der Waals surface area contributed by atoms with E-state index in [-0.39, 0.29) is 5.91 Å². The number of fused-ring (bicyclic) bond motifs is 1. The smallest absolute Gasteiger partial charge is 0.279 e. The van der Waals surface area contributed by atoms with Crippen molar-refractivity contribution in [2.45, 2.75) is 6.92 Å². The van der Waals surface area contributed by atoms with Crippen LogP contribution >= 0.6 is 27.3 Å². The van der Waals surface area contributed by atoms with Gasteiger partial charge in [0.25, 0.3) is 5.91 Å². The monoisotopic (exact) mass is 360 g/mol. The number of hydrogen-bond acceptors (Lipinski definition) is 2. The Bertz CT molecular complexity index is 891. The second-order valence-corrected chi connectivity index (χ2v) is 6.68. The first kappa shape index (κ1) is 14.2. The number of carbonyl (C=O) groups excluding carboxylic acids is 1. The lowest BCUT2D eigenvalue weighted by Gasteiger charge is -1.98. The Kier molecular flexibility index (Phi) is 3.78. The van der Waals surface area contributed by atoms with Crippen LogP contribution in [0.15, 0.2) is 51.9 Å². The molecule has 0 bridgehead atoms. The van der Waals surface area contributed by atoms with Crippen molar-refractivity contribution in [2.24, 2.45) is 12.0 Å². The van der Waals surface area contributed by atoms with Gasteiger partial charge in [0.15, 0.2) is 4.80 Å². The highest BCUT2D eigenvalue weighted by molar-refractivity contribution is 9.10. The molecule has 5 heteroatoms. The van der Waals surface area contributed by atoms with Gasteiger partial charge in [-0.05, 0) is 47.1 Å². The van der Waals surface area contributed by atoms with Crippen molar-refractivity contribution in [1.29, 1.82) is 0 Å². The molecule has 3 nitrogen and oxygen atoms in total. The fourth-order valence-corrected chi connectivity index (χ4v) is 3.92. The van der Waals surface area contributed by atoms with Gasteiger partial charge in [0.1, 0.15) is 0 Å². The highest BCUT2D eigenvalue weighted by Gasteiger charge is 2.08. The van der Waals surface area contributed by atoms with Crippen LogP contribution in [0.3, 0.4) is 0 Å². The molecular formula is C16H13BrN2OS. The van der Waals surface area contributed by atoms with E-state index in [2.05, 4.69) is 20.9 Å². The lowest BCUT2D eigenvalue weighted by atomic mass is 10.1. The zero-order valence-electron chi connectivity index (χ0n) is 11.6. The van der Waals surface area contributed by atoms with Crippen molar-refractivity contribution in [1.82, 2.24) is 4.57 Å². The van der Waals surface area contributed by atoms with Crippen molar-refractivity contribution < 1.29 is 4.79 Å². The van der Waals surface area contributed by atoms with Crippen molar-refractivity contribution >= 4 is 43.4 Å². The minimum absolute atomic E-state index is 0.215. The number of amides is 1. The minimum atomic E-state index is -0.215. The maximum Gasteiger partial charge on any atom is 0.279 e. The van der Waals surface area contributed by atoms with Crippen LogP contribution in [0.4, 0.5) is 0 Å². The Morgan fingerprint density at radius 1 is 1.19 bits per heavy atom. The summed E-state index contributed by atoms with van der Waals surface area (Å²) in [5, 5.41) is 0. The molecule has 0 aliphatic heterocycles. The Morgan fingerprint density at radius 2 is 1.90 bits per heavy atom. The lowest BCUT2D eigenvalue weighted by Crippen LogP contribution is -2.13. The standard InChI is InChI=1S/C16H13BrN2OS/c1-10-6-8-11(9-7-10)15(20)18-16-19(2)14-12(17)4-3-5-13(14)21-16/h3-9H,1-2H3. The molecule has 1 aromatic heterocycles. The fraction of sp³-hybridized carbons (Fsp3) is 0.125. The van der Waals surface area contributed by atoms with Crippen LogP contribution in [0, 0.1) is 6.92 Å². The number of aromatic nitrogens is 1. The molecule has 0 unspecified atom stereocenters. The summed E-state index contributed by atoms with van der Waals surface area (Å²) in [7, 11) is 1.92. The summed E-state index contributed by atoms with van der Waals surface area (Å²) in [6.07, 6.45) is 0. The van der Waals surface area contributed by atoms with Gasteiger partial charge in [0.05, 0.1) is 10.2 Å². The summed E-state index contributed by atoms with van der Waals surface area (Å²) in [5.74, 6) is -0.215.